The number of H-pyrrole nitrogens is 1. The van der Waals surface area contributed by atoms with Crippen LogP contribution < -0.4 is 21.3 Å². The van der Waals surface area contributed by atoms with E-state index in [0.29, 0.717) is 31.1 Å². The van der Waals surface area contributed by atoms with Gasteiger partial charge in [0.05, 0.1) is 35.9 Å². The predicted molar refractivity (Wildman–Crippen MR) is 297 cm³/mol. The van der Waals surface area contributed by atoms with Crippen LogP contribution in [0, 0.1) is 11.8 Å². The van der Waals surface area contributed by atoms with E-state index in [0.717, 1.165) is 114 Å². The average molecular weight is 984 g/mol. The highest BCUT2D eigenvalue weighted by Crippen LogP contribution is 2.40. The number of fused-ring (bicyclic) bond motifs is 3. The van der Waals surface area contributed by atoms with Crippen LogP contribution in [-0.2, 0) is 46.5 Å². The lowest BCUT2D eigenvalue weighted by atomic mass is 9.84. The second-order valence-corrected chi connectivity index (χ2v) is 21.8. The van der Waals surface area contributed by atoms with E-state index in [1.807, 2.05) is 17.5 Å². The van der Waals surface area contributed by atoms with Gasteiger partial charge in [-0.1, -0.05) is 93.0 Å². The van der Waals surface area contributed by atoms with Crippen molar-refractivity contribution in [2.24, 2.45) is 11.8 Å². The van der Waals surface area contributed by atoms with Gasteiger partial charge < -0.3 is 31.2 Å². The predicted octanol–water partition coefficient (Wildman–Crippen LogP) is 13.5. The van der Waals surface area contributed by atoms with Gasteiger partial charge in [-0.25, -0.2) is 4.98 Å². The number of aromatic amines is 1. The summed E-state index contributed by atoms with van der Waals surface area (Å²) < 4.78 is 0. The van der Waals surface area contributed by atoms with Crippen molar-refractivity contribution in [2.75, 3.05) is 54.2 Å². The van der Waals surface area contributed by atoms with Gasteiger partial charge in [-0.05, 0) is 164 Å². The summed E-state index contributed by atoms with van der Waals surface area (Å²) >= 11 is 2.84. The van der Waals surface area contributed by atoms with Gasteiger partial charge in [0.15, 0.2) is 10.2 Å². The number of benzene rings is 4. The number of carbonyl (C=O) groups is 3. The highest BCUT2D eigenvalue weighted by atomic mass is 32.2. The van der Waals surface area contributed by atoms with E-state index < -0.39 is 0 Å². The van der Waals surface area contributed by atoms with Crippen molar-refractivity contribution in [1.82, 2.24) is 14.9 Å². The number of allylic oxidation sites excluding steroid dienone is 1. The van der Waals surface area contributed by atoms with E-state index in [-0.39, 0.29) is 28.2 Å². The highest BCUT2D eigenvalue weighted by Gasteiger charge is 2.26. The van der Waals surface area contributed by atoms with Crippen molar-refractivity contribution in [3.05, 3.63) is 123 Å². The Hall–Kier alpha value is -5.20. The van der Waals surface area contributed by atoms with Gasteiger partial charge in [0, 0.05) is 68.5 Å². The molecule has 1 aromatic heterocycles. The number of amides is 1. The Morgan fingerprint density at radius 2 is 1.49 bits per heavy atom. The molecular weight excluding hydrogens is 907 g/mol. The largest absolute Gasteiger partial charge is 0.385 e. The van der Waals surface area contributed by atoms with E-state index in [2.05, 4.69) is 120 Å². The first kappa shape index (κ1) is 52.6. The van der Waals surface area contributed by atoms with Crippen molar-refractivity contribution in [1.29, 1.82) is 0 Å². The first-order valence-corrected chi connectivity index (χ1v) is 27.9. The number of aromatic nitrogens is 2. The number of nitrogens with zero attached hydrogens (tertiary/aromatic N) is 2. The number of carbonyl (C=O) groups excluding carboxylic acids is 3. The van der Waals surface area contributed by atoms with Crippen LogP contribution in [0.5, 0.6) is 0 Å². The van der Waals surface area contributed by atoms with Crippen LogP contribution in [0.4, 0.5) is 22.7 Å². The van der Waals surface area contributed by atoms with Gasteiger partial charge in [-0.2, -0.15) is 0 Å². The fourth-order valence-corrected chi connectivity index (χ4v) is 11.7. The molecule has 1 saturated carbocycles. The van der Waals surface area contributed by atoms with Crippen LogP contribution >= 0.6 is 23.5 Å². The van der Waals surface area contributed by atoms with Gasteiger partial charge in [-0.3, -0.25) is 14.4 Å². The fraction of sp³-hybridized carbons (Fsp3) is 0.483. The molecule has 3 aliphatic carbocycles. The van der Waals surface area contributed by atoms with Crippen LogP contribution in [0.15, 0.2) is 84.5 Å². The van der Waals surface area contributed by atoms with E-state index >= 15 is 0 Å². The molecule has 5 N–H and O–H groups in total. The Morgan fingerprint density at radius 1 is 0.771 bits per heavy atom. The van der Waals surface area contributed by atoms with Crippen molar-refractivity contribution in [2.45, 2.75) is 136 Å². The number of thioether (sulfide) groups is 2. The smallest absolute Gasteiger partial charge is 0.226 e. The summed E-state index contributed by atoms with van der Waals surface area (Å²) in [7, 11) is 3.57. The quantitative estimate of drug-likeness (QED) is 0.0514. The zero-order valence-corrected chi connectivity index (χ0v) is 44.2. The second kappa shape index (κ2) is 26.3. The Labute approximate surface area is 426 Å². The van der Waals surface area contributed by atoms with Gasteiger partial charge in [0.2, 0.25) is 5.91 Å². The molecule has 0 saturated heterocycles. The molecular formula is C58H77N7O3S2. The lowest BCUT2D eigenvalue weighted by Crippen LogP contribution is -2.23. The van der Waals surface area contributed by atoms with Crippen molar-refractivity contribution < 1.29 is 14.4 Å². The van der Waals surface area contributed by atoms with Crippen molar-refractivity contribution >= 4 is 73.4 Å². The second-order valence-electron chi connectivity index (χ2n) is 19.6. The SMILES string of the molecule is CCNc1c(CC(=O)SCCC(C)CC)ccc2c1CCCC2Nc1ccc(CC(=O)N(C)C)cc1.CCNc1cc2c(cc1CC(=O)S/C=C/C1CCCC1)CCCC2Nc1ccc2nc[nH]c2c1. The third kappa shape index (κ3) is 14.7. The fourth-order valence-electron chi connectivity index (χ4n) is 10.0. The summed E-state index contributed by atoms with van der Waals surface area (Å²) in [5.41, 5.74) is 15.1. The highest BCUT2D eigenvalue weighted by molar-refractivity contribution is 8.16. The maximum atomic E-state index is 12.8. The minimum absolute atomic E-state index is 0.107. The van der Waals surface area contributed by atoms with Crippen molar-refractivity contribution in [3.8, 4) is 0 Å². The van der Waals surface area contributed by atoms with Gasteiger partial charge in [-0.15, -0.1) is 0 Å². The van der Waals surface area contributed by atoms with Gasteiger partial charge in [0.25, 0.3) is 0 Å². The third-order valence-corrected chi connectivity index (χ3v) is 15.8. The normalized spacial score (nSPS) is 17.0. The number of rotatable bonds is 20. The molecule has 0 aliphatic heterocycles. The Kier molecular flexibility index (Phi) is 19.8. The molecule has 1 amide bonds. The maximum Gasteiger partial charge on any atom is 0.226 e. The van der Waals surface area contributed by atoms with Gasteiger partial charge >= 0.3 is 0 Å². The van der Waals surface area contributed by atoms with Crippen LogP contribution in [-0.4, -0.2) is 63.9 Å². The van der Waals surface area contributed by atoms with Crippen LogP contribution in [0.1, 0.15) is 143 Å². The number of anilines is 4. The summed E-state index contributed by atoms with van der Waals surface area (Å²) in [6.07, 6.45) is 19.3. The molecule has 10 nitrogen and oxygen atoms in total. The summed E-state index contributed by atoms with van der Waals surface area (Å²) in [5, 5.41) is 17.1. The minimum atomic E-state index is 0.107. The first-order valence-electron chi connectivity index (χ1n) is 26.1. The minimum Gasteiger partial charge on any atom is -0.385 e. The lowest BCUT2D eigenvalue weighted by molar-refractivity contribution is -0.128. The Bertz CT molecular complexity index is 2550. The number of likely N-dealkylation sites (N-methyl/N-ethyl adjacent to an activating group) is 1. The molecule has 1 fully saturated rings. The number of hydrogen-bond donors (Lipinski definition) is 5. The molecule has 3 unspecified atom stereocenters. The maximum absolute atomic E-state index is 12.8. The molecule has 0 radical (unpaired) electrons. The molecule has 1 heterocycles. The lowest BCUT2D eigenvalue weighted by Gasteiger charge is -2.30. The van der Waals surface area contributed by atoms with E-state index in [4.69, 9.17) is 0 Å². The average Bonchev–Trinajstić information content (AvgIpc) is 4.06. The first-order chi connectivity index (χ1) is 34.0. The number of imidazole rings is 1. The molecule has 4 aromatic carbocycles. The van der Waals surface area contributed by atoms with Crippen LogP contribution in [0.2, 0.25) is 0 Å². The summed E-state index contributed by atoms with van der Waals surface area (Å²) in [4.78, 5) is 46.7. The summed E-state index contributed by atoms with van der Waals surface area (Å²) in [6, 6.07) is 23.9. The topological polar surface area (TPSA) is 131 Å². The zero-order valence-electron chi connectivity index (χ0n) is 42.6. The molecule has 3 aliphatic rings. The molecule has 3 atom stereocenters. The third-order valence-electron chi connectivity index (χ3n) is 14.2. The monoisotopic (exact) mass is 984 g/mol. The molecule has 8 rings (SSSR count). The van der Waals surface area contributed by atoms with Crippen molar-refractivity contribution in [3.63, 3.8) is 0 Å². The molecule has 0 spiro atoms. The van der Waals surface area contributed by atoms with E-state index in [1.165, 1.54) is 77.9 Å². The molecule has 70 heavy (non-hydrogen) atoms. The molecule has 374 valence electrons. The Morgan fingerprint density at radius 3 is 2.23 bits per heavy atom. The molecule has 5 aromatic rings. The van der Waals surface area contributed by atoms with Crippen LogP contribution in [0.25, 0.3) is 11.0 Å². The standard InChI is InChI=1S/C30H43N3O2S.C28H34N4OS/c1-6-21(3)17-18-36-29(35)20-23-13-16-25-26(30(23)31-7-2)9-8-10-27(25)32-24-14-11-22(12-15-24)19-28(34)33(4)5;1-2-29-26-17-23-20(14-21(26)15-28(33)34-13-12-19-6-3-4-7-19)8-5-9-24(23)32-22-10-11-25-27(16-22)31-18-30-25/h11-16,21,27,31-32H,6-10,17-20H2,1-5H3;10-14,16-19,24,29,32H,2-9,15H2,1H3,(H,30,31)/b;13-12+. The zero-order chi connectivity index (χ0) is 49.4. The molecule has 0 bridgehead atoms. The summed E-state index contributed by atoms with van der Waals surface area (Å²) in [5.74, 6) is 2.35. The molecule has 12 heteroatoms. The summed E-state index contributed by atoms with van der Waals surface area (Å²) in [6.45, 7) is 10.4. The Balaban J connectivity index is 0.000000206. The number of hydrogen-bond acceptors (Lipinski definition) is 10. The van der Waals surface area contributed by atoms with E-state index in [1.54, 1.807) is 25.3 Å². The number of nitrogens with one attached hydrogen (secondary N) is 5. The van der Waals surface area contributed by atoms with E-state index in [9.17, 15) is 14.4 Å². The number of aryl methyl sites for hydroxylation is 1. The van der Waals surface area contributed by atoms with Gasteiger partial charge in [0.1, 0.15) is 0 Å². The van der Waals surface area contributed by atoms with Crippen LogP contribution in [0.3, 0.4) is 0 Å².